The molecule has 130 valence electrons. The standard InChI is InChI=1S/C17H25N5O2/c1-12(2)15-8-17(23)22(11-18-15)9-14-4-6-21(7-5-14)10-16-19-13(3)20-24-16/h8,11-12,14H,4-7,9-10H2,1-3H3. The molecule has 1 aliphatic rings. The summed E-state index contributed by atoms with van der Waals surface area (Å²) in [7, 11) is 0. The monoisotopic (exact) mass is 331 g/mol. The van der Waals surface area contributed by atoms with Gasteiger partial charge in [-0.05, 0) is 44.7 Å². The average Bonchev–Trinajstić information content (AvgIpc) is 2.96. The maximum atomic E-state index is 12.2. The number of rotatable bonds is 5. The first-order valence-electron chi connectivity index (χ1n) is 8.59. The molecule has 24 heavy (non-hydrogen) atoms. The molecule has 0 bridgehead atoms. The SMILES string of the molecule is Cc1noc(CN2CCC(Cn3cnc(C(C)C)cc3=O)CC2)n1. The predicted molar refractivity (Wildman–Crippen MR) is 89.6 cm³/mol. The Bertz CT molecular complexity index is 729. The molecule has 0 aromatic carbocycles. The number of piperidine rings is 1. The summed E-state index contributed by atoms with van der Waals surface area (Å²) < 4.78 is 6.92. The molecule has 7 nitrogen and oxygen atoms in total. The van der Waals surface area contributed by atoms with Crippen LogP contribution < -0.4 is 5.56 Å². The minimum absolute atomic E-state index is 0.0532. The van der Waals surface area contributed by atoms with Crippen LogP contribution in [-0.4, -0.2) is 37.7 Å². The molecule has 0 amide bonds. The summed E-state index contributed by atoms with van der Waals surface area (Å²) in [6.07, 6.45) is 3.82. The fourth-order valence-corrected chi connectivity index (χ4v) is 3.09. The van der Waals surface area contributed by atoms with E-state index in [0.717, 1.165) is 38.2 Å². The van der Waals surface area contributed by atoms with Gasteiger partial charge < -0.3 is 4.52 Å². The van der Waals surface area contributed by atoms with Crippen LogP contribution in [-0.2, 0) is 13.1 Å². The molecular weight excluding hydrogens is 306 g/mol. The highest BCUT2D eigenvalue weighted by Gasteiger charge is 2.21. The number of nitrogens with zero attached hydrogens (tertiary/aromatic N) is 5. The van der Waals surface area contributed by atoms with E-state index < -0.39 is 0 Å². The van der Waals surface area contributed by atoms with Gasteiger partial charge in [0.25, 0.3) is 5.56 Å². The highest BCUT2D eigenvalue weighted by molar-refractivity contribution is 5.04. The molecule has 1 saturated heterocycles. The Hall–Kier alpha value is -2.02. The Labute approximate surface area is 141 Å². The zero-order chi connectivity index (χ0) is 17.1. The van der Waals surface area contributed by atoms with Crippen molar-refractivity contribution in [3.8, 4) is 0 Å². The Balaban J connectivity index is 1.53. The van der Waals surface area contributed by atoms with Crippen molar-refractivity contribution < 1.29 is 4.52 Å². The van der Waals surface area contributed by atoms with Gasteiger partial charge in [-0.25, -0.2) is 4.98 Å². The first-order valence-corrected chi connectivity index (χ1v) is 8.59. The molecule has 0 atom stereocenters. The van der Waals surface area contributed by atoms with Crippen molar-refractivity contribution in [1.29, 1.82) is 0 Å². The Kier molecular flexibility index (Phi) is 5.08. The maximum Gasteiger partial charge on any atom is 0.253 e. The molecule has 0 N–H and O–H groups in total. The lowest BCUT2D eigenvalue weighted by Gasteiger charge is -2.31. The third-order valence-corrected chi connectivity index (χ3v) is 4.58. The predicted octanol–water partition coefficient (Wildman–Crippen LogP) is 1.97. The van der Waals surface area contributed by atoms with Gasteiger partial charge >= 0.3 is 0 Å². The number of hydrogen-bond acceptors (Lipinski definition) is 6. The van der Waals surface area contributed by atoms with E-state index in [1.54, 1.807) is 17.0 Å². The van der Waals surface area contributed by atoms with Crippen LogP contribution in [0.15, 0.2) is 21.7 Å². The summed E-state index contributed by atoms with van der Waals surface area (Å²) in [6.45, 7) is 9.35. The van der Waals surface area contributed by atoms with E-state index in [0.29, 0.717) is 24.2 Å². The van der Waals surface area contributed by atoms with Crippen LogP contribution in [0.1, 0.15) is 50.0 Å². The molecule has 0 spiro atoms. The molecular formula is C17H25N5O2. The maximum absolute atomic E-state index is 12.2. The third kappa shape index (κ3) is 4.08. The summed E-state index contributed by atoms with van der Waals surface area (Å²) >= 11 is 0. The van der Waals surface area contributed by atoms with Crippen molar-refractivity contribution in [2.45, 2.75) is 52.6 Å². The summed E-state index contributed by atoms with van der Waals surface area (Å²) in [5, 5.41) is 3.82. The van der Waals surface area contributed by atoms with Crippen LogP contribution in [0, 0.1) is 12.8 Å². The molecule has 3 rings (SSSR count). The summed E-state index contributed by atoms with van der Waals surface area (Å²) in [4.78, 5) is 23.2. The number of aryl methyl sites for hydroxylation is 1. The fourth-order valence-electron chi connectivity index (χ4n) is 3.09. The van der Waals surface area contributed by atoms with Gasteiger partial charge in [0.05, 0.1) is 18.6 Å². The Morgan fingerprint density at radius 2 is 2.08 bits per heavy atom. The second kappa shape index (κ2) is 7.25. The zero-order valence-corrected chi connectivity index (χ0v) is 14.6. The van der Waals surface area contributed by atoms with E-state index in [1.807, 2.05) is 20.8 Å². The smallest absolute Gasteiger partial charge is 0.253 e. The van der Waals surface area contributed by atoms with Gasteiger partial charge in [0.2, 0.25) is 5.89 Å². The first kappa shape index (κ1) is 16.8. The van der Waals surface area contributed by atoms with Crippen LogP contribution in [0.2, 0.25) is 0 Å². The summed E-state index contributed by atoms with van der Waals surface area (Å²) in [6, 6.07) is 1.66. The van der Waals surface area contributed by atoms with Gasteiger partial charge in [-0.1, -0.05) is 19.0 Å². The zero-order valence-electron chi connectivity index (χ0n) is 14.6. The quantitative estimate of drug-likeness (QED) is 0.833. The third-order valence-electron chi connectivity index (χ3n) is 4.58. The lowest BCUT2D eigenvalue weighted by atomic mass is 9.96. The topological polar surface area (TPSA) is 77.0 Å². The highest BCUT2D eigenvalue weighted by atomic mass is 16.5. The molecule has 2 aromatic heterocycles. The Morgan fingerprint density at radius 1 is 1.33 bits per heavy atom. The van der Waals surface area contributed by atoms with Crippen molar-refractivity contribution in [1.82, 2.24) is 24.6 Å². The Morgan fingerprint density at radius 3 is 2.67 bits per heavy atom. The molecule has 7 heteroatoms. The van der Waals surface area contributed by atoms with Crippen LogP contribution in [0.25, 0.3) is 0 Å². The molecule has 0 saturated carbocycles. The molecule has 1 aliphatic heterocycles. The van der Waals surface area contributed by atoms with Crippen molar-refractivity contribution in [3.63, 3.8) is 0 Å². The minimum atomic E-state index is 0.0532. The van der Waals surface area contributed by atoms with Gasteiger partial charge in [-0.3, -0.25) is 14.3 Å². The number of aromatic nitrogens is 4. The van der Waals surface area contributed by atoms with Crippen LogP contribution in [0.5, 0.6) is 0 Å². The average molecular weight is 331 g/mol. The number of likely N-dealkylation sites (tertiary alicyclic amines) is 1. The molecule has 3 heterocycles. The molecule has 2 aromatic rings. The highest BCUT2D eigenvalue weighted by Crippen LogP contribution is 2.20. The lowest BCUT2D eigenvalue weighted by Crippen LogP contribution is -2.36. The minimum Gasteiger partial charge on any atom is -0.338 e. The fraction of sp³-hybridized carbons (Fsp3) is 0.647. The van der Waals surface area contributed by atoms with E-state index in [4.69, 9.17) is 4.52 Å². The number of hydrogen-bond donors (Lipinski definition) is 0. The van der Waals surface area contributed by atoms with Gasteiger partial charge in [-0.15, -0.1) is 0 Å². The van der Waals surface area contributed by atoms with Gasteiger partial charge in [0, 0.05) is 12.6 Å². The van der Waals surface area contributed by atoms with Crippen LogP contribution in [0.4, 0.5) is 0 Å². The second-order valence-corrected chi connectivity index (χ2v) is 6.91. The summed E-state index contributed by atoms with van der Waals surface area (Å²) in [5.74, 6) is 2.14. The van der Waals surface area contributed by atoms with E-state index in [2.05, 4.69) is 20.0 Å². The molecule has 1 fully saturated rings. The molecule has 0 radical (unpaired) electrons. The summed E-state index contributed by atoms with van der Waals surface area (Å²) in [5.41, 5.74) is 0.915. The molecule has 0 aliphatic carbocycles. The van der Waals surface area contributed by atoms with Crippen LogP contribution in [0.3, 0.4) is 0 Å². The largest absolute Gasteiger partial charge is 0.338 e. The van der Waals surface area contributed by atoms with Crippen molar-refractivity contribution in [2.24, 2.45) is 5.92 Å². The first-order chi connectivity index (χ1) is 11.5. The lowest BCUT2D eigenvalue weighted by molar-refractivity contribution is 0.150. The second-order valence-electron chi connectivity index (χ2n) is 6.91. The van der Waals surface area contributed by atoms with Gasteiger partial charge in [0.15, 0.2) is 5.82 Å². The van der Waals surface area contributed by atoms with E-state index in [9.17, 15) is 4.79 Å². The van der Waals surface area contributed by atoms with E-state index in [-0.39, 0.29) is 11.5 Å². The van der Waals surface area contributed by atoms with Crippen molar-refractivity contribution in [3.05, 3.63) is 40.2 Å². The van der Waals surface area contributed by atoms with Gasteiger partial charge in [0.1, 0.15) is 0 Å². The van der Waals surface area contributed by atoms with Crippen LogP contribution >= 0.6 is 0 Å². The van der Waals surface area contributed by atoms with E-state index in [1.165, 1.54) is 0 Å². The van der Waals surface area contributed by atoms with Crippen molar-refractivity contribution >= 4 is 0 Å². The molecule has 0 unspecified atom stereocenters. The van der Waals surface area contributed by atoms with E-state index >= 15 is 0 Å². The van der Waals surface area contributed by atoms with Crippen molar-refractivity contribution in [2.75, 3.05) is 13.1 Å². The van der Waals surface area contributed by atoms with Gasteiger partial charge in [-0.2, -0.15) is 4.98 Å². The normalized spacial score (nSPS) is 16.8.